The maximum atomic E-state index is 2.52. The standard InChI is InChI=1S/C40H56/c1-26(2)28-12-16-30(17-13-28)32-8-5-10-36-34(32)20-22-38(36)40(24-7-25-40)39-23-21-35-33(9-6-11-37(35)39)31-18-14-29(15-19-31)27(3)4/h12-19,26-27,32-39H,5-11,20-25H2,1-4H3. The van der Waals surface area contributed by atoms with Gasteiger partial charge in [-0.25, -0.2) is 0 Å². The normalized spacial score (nSPS) is 36.9. The van der Waals surface area contributed by atoms with Gasteiger partial charge in [-0.1, -0.05) is 95.5 Å². The van der Waals surface area contributed by atoms with Crippen molar-refractivity contribution in [2.75, 3.05) is 0 Å². The number of fused-ring (bicyclic) bond motifs is 2. The third kappa shape index (κ3) is 4.54. The van der Waals surface area contributed by atoms with Crippen LogP contribution in [0, 0.1) is 40.9 Å². The van der Waals surface area contributed by atoms with Crippen LogP contribution in [0.5, 0.6) is 0 Å². The number of benzene rings is 2. The van der Waals surface area contributed by atoms with E-state index in [0.29, 0.717) is 17.3 Å². The summed E-state index contributed by atoms with van der Waals surface area (Å²) in [6.07, 6.45) is 19.6. The molecule has 0 amide bonds. The maximum Gasteiger partial charge on any atom is -0.0131 e. The lowest BCUT2D eigenvalue weighted by molar-refractivity contribution is -0.0699. The Hall–Kier alpha value is -1.56. The van der Waals surface area contributed by atoms with E-state index < -0.39 is 0 Å². The maximum absolute atomic E-state index is 2.52. The average Bonchev–Trinajstić information content (AvgIpc) is 3.58. The van der Waals surface area contributed by atoms with Crippen LogP contribution < -0.4 is 0 Å². The van der Waals surface area contributed by atoms with E-state index in [9.17, 15) is 0 Å². The molecule has 0 saturated heterocycles. The van der Waals surface area contributed by atoms with Crippen LogP contribution in [-0.4, -0.2) is 0 Å². The van der Waals surface area contributed by atoms with Crippen LogP contribution in [0.25, 0.3) is 0 Å². The second-order valence-corrected chi connectivity index (χ2v) is 15.8. The molecule has 0 heteroatoms. The largest absolute Gasteiger partial charge is 0.0587 e. The molecule has 8 unspecified atom stereocenters. The van der Waals surface area contributed by atoms with E-state index in [0.717, 1.165) is 47.3 Å². The molecule has 8 atom stereocenters. The Morgan fingerprint density at radius 1 is 0.475 bits per heavy atom. The fraction of sp³-hybridized carbons (Fsp3) is 0.700. The summed E-state index contributed by atoms with van der Waals surface area (Å²) in [5.74, 6) is 8.90. The minimum atomic E-state index is 0.636. The molecule has 2 aromatic rings. The molecule has 5 aliphatic rings. The summed E-state index contributed by atoms with van der Waals surface area (Å²) in [5.41, 5.74) is 7.05. The highest BCUT2D eigenvalue weighted by Gasteiger charge is 2.60. The Balaban J connectivity index is 1.10. The smallest absolute Gasteiger partial charge is 0.0131 e. The Bertz CT molecular complexity index is 1040. The minimum Gasteiger partial charge on any atom is -0.0587 e. The van der Waals surface area contributed by atoms with Gasteiger partial charge < -0.3 is 0 Å². The first-order valence-corrected chi connectivity index (χ1v) is 17.7. The number of hydrogen-bond acceptors (Lipinski definition) is 0. The fourth-order valence-electron chi connectivity index (χ4n) is 11.7. The molecule has 0 spiro atoms. The lowest BCUT2D eigenvalue weighted by atomic mass is 9.48. The predicted octanol–water partition coefficient (Wildman–Crippen LogP) is 11.6. The molecule has 0 N–H and O–H groups in total. The van der Waals surface area contributed by atoms with Crippen molar-refractivity contribution in [3.63, 3.8) is 0 Å². The third-order valence-electron chi connectivity index (χ3n) is 13.7. The molecule has 0 heterocycles. The molecule has 7 rings (SSSR count). The van der Waals surface area contributed by atoms with E-state index in [-0.39, 0.29) is 0 Å². The van der Waals surface area contributed by atoms with Gasteiger partial charge in [-0.05, 0) is 151 Å². The topological polar surface area (TPSA) is 0 Å². The average molecular weight is 537 g/mol. The van der Waals surface area contributed by atoms with E-state index in [2.05, 4.69) is 76.2 Å². The molecule has 5 fully saturated rings. The molecular formula is C40H56. The highest BCUT2D eigenvalue weighted by atomic mass is 14.6. The van der Waals surface area contributed by atoms with Crippen molar-refractivity contribution in [2.45, 2.75) is 135 Å². The Labute approximate surface area is 246 Å². The van der Waals surface area contributed by atoms with Gasteiger partial charge >= 0.3 is 0 Å². The van der Waals surface area contributed by atoms with Crippen molar-refractivity contribution in [2.24, 2.45) is 40.9 Å². The van der Waals surface area contributed by atoms with Gasteiger partial charge in [0.25, 0.3) is 0 Å². The summed E-state index contributed by atoms with van der Waals surface area (Å²) >= 11 is 0. The minimum absolute atomic E-state index is 0.636. The first kappa shape index (κ1) is 27.3. The molecule has 2 aromatic carbocycles. The Morgan fingerprint density at radius 3 is 1.25 bits per heavy atom. The van der Waals surface area contributed by atoms with Crippen LogP contribution in [0.3, 0.4) is 0 Å². The number of hydrogen-bond donors (Lipinski definition) is 0. The van der Waals surface area contributed by atoms with E-state index in [1.54, 1.807) is 36.8 Å². The lowest BCUT2D eigenvalue weighted by Crippen LogP contribution is -2.48. The highest BCUT2D eigenvalue weighted by Crippen LogP contribution is 2.69. The molecule has 0 radical (unpaired) electrons. The fourth-order valence-corrected chi connectivity index (χ4v) is 11.7. The van der Waals surface area contributed by atoms with Crippen LogP contribution in [0.1, 0.15) is 157 Å². The molecule has 40 heavy (non-hydrogen) atoms. The zero-order chi connectivity index (χ0) is 27.4. The molecule has 5 saturated carbocycles. The van der Waals surface area contributed by atoms with E-state index >= 15 is 0 Å². The van der Waals surface area contributed by atoms with Gasteiger partial charge in [-0.15, -0.1) is 0 Å². The van der Waals surface area contributed by atoms with Gasteiger partial charge in [-0.3, -0.25) is 0 Å². The third-order valence-corrected chi connectivity index (χ3v) is 13.7. The molecule has 0 nitrogen and oxygen atoms in total. The summed E-state index contributed by atoms with van der Waals surface area (Å²) in [5, 5.41) is 0. The lowest BCUT2D eigenvalue weighted by Gasteiger charge is -2.57. The van der Waals surface area contributed by atoms with Crippen molar-refractivity contribution in [3.05, 3.63) is 70.8 Å². The summed E-state index contributed by atoms with van der Waals surface area (Å²) in [6.45, 7) is 9.32. The summed E-state index contributed by atoms with van der Waals surface area (Å²) in [4.78, 5) is 0. The highest BCUT2D eigenvalue weighted by molar-refractivity contribution is 5.30. The van der Waals surface area contributed by atoms with Crippen molar-refractivity contribution < 1.29 is 0 Å². The van der Waals surface area contributed by atoms with Crippen LogP contribution in [0.4, 0.5) is 0 Å². The van der Waals surface area contributed by atoms with Crippen molar-refractivity contribution in [1.29, 1.82) is 0 Å². The van der Waals surface area contributed by atoms with Crippen molar-refractivity contribution in [3.8, 4) is 0 Å². The molecule has 0 bridgehead atoms. The zero-order valence-corrected chi connectivity index (χ0v) is 26.1. The van der Waals surface area contributed by atoms with Crippen LogP contribution in [-0.2, 0) is 0 Å². The molecular weight excluding hydrogens is 480 g/mol. The van der Waals surface area contributed by atoms with Gasteiger partial charge in [0, 0.05) is 0 Å². The second-order valence-electron chi connectivity index (χ2n) is 15.8. The number of rotatable bonds is 6. The van der Waals surface area contributed by atoms with E-state index in [1.807, 2.05) is 0 Å². The van der Waals surface area contributed by atoms with Gasteiger partial charge in [0.2, 0.25) is 0 Å². The summed E-state index contributed by atoms with van der Waals surface area (Å²) in [6, 6.07) is 19.9. The van der Waals surface area contributed by atoms with Crippen LogP contribution in [0.15, 0.2) is 48.5 Å². The van der Waals surface area contributed by atoms with Gasteiger partial charge in [-0.2, -0.15) is 0 Å². The summed E-state index contributed by atoms with van der Waals surface area (Å²) < 4.78 is 0. The SMILES string of the molecule is CC(C)c1ccc(C2CCCC3C2CCC3C2(C3CCC4C(c5ccc(C(C)C)cc5)CCCC43)CCC2)cc1. The van der Waals surface area contributed by atoms with Crippen LogP contribution >= 0.6 is 0 Å². The van der Waals surface area contributed by atoms with Gasteiger partial charge in [0.15, 0.2) is 0 Å². The molecule has 0 aromatic heterocycles. The van der Waals surface area contributed by atoms with Gasteiger partial charge in [0.1, 0.15) is 0 Å². The monoisotopic (exact) mass is 536 g/mol. The van der Waals surface area contributed by atoms with E-state index in [4.69, 9.17) is 0 Å². The molecule has 5 aliphatic carbocycles. The summed E-state index contributed by atoms with van der Waals surface area (Å²) in [7, 11) is 0. The van der Waals surface area contributed by atoms with E-state index in [1.165, 1.54) is 68.9 Å². The predicted molar refractivity (Wildman–Crippen MR) is 170 cm³/mol. The van der Waals surface area contributed by atoms with Crippen LogP contribution in [0.2, 0.25) is 0 Å². The molecule has 0 aliphatic heterocycles. The Morgan fingerprint density at radius 2 is 0.900 bits per heavy atom. The van der Waals surface area contributed by atoms with Gasteiger partial charge in [0.05, 0.1) is 0 Å². The quantitative estimate of drug-likeness (QED) is 0.344. The van der Waals surface area contributed by atoms with Crippen molar-refractivity contribution in [1.82, 2.24) is 0 Å². The first-order valence-electron chi connectivity index (χ1n) is 17.7. The Kier molecular flexibility index (Phi) is 7.46. The first-order chi connectivity index (χ1) is 19.5. The zero-order valence-electron chi connectivity index (χ0n) is 26.1. The molecule has 216 valence electrons. The second kappa shape index (κ2) is 10.9. The van der Waals surface area contributed by atoms with Crippen molar-refractivity contribution >= 4 is 0 Å².